The molecule has 3 rings (SSSR count). The van der Waals surface area contributed by atoms with Gasteiger partial charge in [0.25, 0.3) is 0 Å². The Morgan fingerprint density at radius 3 is 1.79 bits per heavy atom. The number of rotatable bonds is 8. The van der Waals surface area contributed by atoms with Gasteiger partial charge in [-0.15, -0.1) is 0 Å². The van der Waals surface area contributed by atoms with Crippen molar-refractivity contribution in [3.8, 4) is 11.5 Å². The third-order valence-electron chi connectivity index (χ3n) is 5.14. The van der Waals surface area contributed by atoms with Crippen LogP contribution in [-0.4, -0.2) is 64.3 Å². The Hall–Kier alpha value is -1.56. The first-order valence-corrected chi connectivity index (χ1v) is 14.0. The third kappa shape index (κ3) is 5.41. The van der Waals surface area contributed by atoms with E-state index in [1.54, 1.807) is 32.9 Å². The molecule has 12 heteroatoms. The number of hydrogen-bond donors (Lipinski definition) is 0. The topological polar surface area (TPSA) is 93.2 Å². The molecular weight excluding hydrogens is 511 g/mol. The smallest absolute Gasteiger partial charge is 0.247 e. The number of halogens is 2. The Morgan fingerprint density at radius 2 is 1.33 bits per heavy atom. The first kappa shape index (κ1) is 26.1. The molecule has 1 aliphatic heterocycles. The molecule has 0 radical (unpaired) electrons. The van der Waals surface area contributed by atoms with Crippen molar-refractivity contribution in [3.05, 3.63) is 46.4 Å². The van der Waals surface area contributed by atoms with E-state index < -0.39 is 26.1 Å². The number of sulfonamides is 2. The third-order valence-corrected chi connectivity index (χ3v) is 9.54. The summed E-state index contributed by atoms with van der Waals surface area (Å²) in [6.45, 7) is 5.63. The molecule has 1 aliphatic rings. The van der Waals surface area contributed by atoms with E-state index in [-0.39, 0.29) is 64.2 Å². The van der Waals surface area contributed by atoms with E-state index in [1.807, 2.05) is 0 Å². The van der Waals surface area contributed by atoms with Crippen LogP contribution in [0.5, 0.6) is 11.5 Å². The van der Waals surface area contributed by atoms with Gasteiger partial charge in [-0.3, -0.25) is 0 Å². The maximum absolute atomic E-state index is 13.4. The van der Waals surface area contributed by atoms with E-state index in [1.165, 1.54) is 32.9 Å². The largest absolute Gasteiger partial charge is 0.492 e. The van der Waals surface area contributed by atoms with Crippen LogP contribution in [0.25, 0.3) is 0 Å². The van der Waals surface area contributed by atoms with Crippen molar-refractivity contribution in [1.29, 1.82) is 0 Å². The maximum Gasteiger partial charge on any atom is 0.247 e. The van der Waals surface area contributed by atoms with Crippen LogP contribution in [0.1, 0.15) is 20.8 Å². The highest BCUT2D eigenvalue weighted by Gasteiger charge is 2.40. The van der Waals surface area contributed by atoms with E-state index in [2.05, 4.69) is 0 Å². The number of ether oxygens (including phenoxy) is 2. The van der Waals surface area contributed by atoms with E-state index in [0.717, 1.165) is 0 Å². The summed E-state index contributed by atoms with van der Waals surface area (Å²) in [6, 6.07) is 8.19. The van der Waals surface area contributed by atoms with E-state index in [4.69, 9.17) is 32.7 Å². The Balaban J connectivity index is 1.90. The number of piperazine rings is 1. The summed E-state index contributed by atoms with van der Waals surface area (Å²) in [4.78, 5) is -0.0951. The predicted octanol–water partition coefficient (Wildman–Crippen LogP) is 3.87. The van der Waals surface area contributed by atoms with Gasteiger partial charge in [-0.2, -0.15) is 8.61 Å². The molecule has 33 heavy (non-hydrogen) atoms. The quantitative estimate of drug-likeness (QED) is 0.508. The van der Waals surface area contributed by atoms with Crippen LogP contribution >= 0.6 is 23.2 Å². The molecule has 1 saturated heterocycles. The van der Waals surface area contributed by atoms with Gasteiger partial charge in [0.15, 0.2) is 0 Å². The molecule has 0 spiro atoms. The summed E-state index contributed by atoms with van der Waals surface area (Å²) in [5, 5.41) is 0.519. The summed E-state index contributed by atoms with van der Waals surface area (Å²) < 4.78 is 67.1. The van der Waals surface area contributed by atoms with Crippen molar-refractivity contribution in [2.75, 3.05) is 32.8 Å². The molecular formula is C21H26Cl2N2O6S2. The standard InChI is InChI=1S/C21H26Cl2N2O6S2/c1-4-30-18-8-6-16(22)12-20(18)32(26,27)24-10-11-25(15(3)14-24)33(28,29)21-13-17(23)7-9-19(21)31-5-2/h6-9,12-13,15H,4-5,10-11,14H2,1-3H3/t15-/m1/s1. The first-order valence-electron chi connectivity index (χ1n) is 10.4. The number of hydrogen-bond acceptors (Lipinski definition) is 6. The van der Waals surface area contributed by atoms with Gasteiger partial charge in [0, 0.05) is 35.7 Å². The van der Waals surface area contributed by atoms with Gasteiger partial charge in [-0.1, -0.05) is 23.2 Å². The zero-order valence-corrected chi connectivity index (χ0v) is 21.6. The van der Waals surface area contributed by atoms with Gasteiger partial charge in [0.2, 0.25) is 20.0 Å². The lowest BCUT2D eigenvalue weighted by atomic mass is 10.3. The lowest BCUT2D eigenvalue weighted by molar-refractivity contribution is 0.211. The molecule has 8 nitrogen and oxygen atoms in total. The highest BCUT2D eigenvalue weighted by atomic mass is 35.5. The second-order valence-corrected chi connectivity index (χ2v) is 12.0. The summed E-state index contributed by atoms with van der Waals surface area (Å²) in [5.74, 6) is 0.398. The number of benzene rings is 2. The Morgan fingerprint density at radius 1 is 0.848 bits per heavy atom. The molecule has 182 valence electrons. The van der Waals surface area contributed by atoms with Crippen molar-refractivity contribution in [3.63, 3.8) is 0 Å². The molecule has 0 amide bonds. The van der Waals surface area contributed by atoms with Gasteiger partial charge in [-0.05, 0) is 57.2 Å². The fourth-order valence-electron chi connectivity index (χ4n) is 3.66. The minimum atomic E-state index is -3.99. The average molecular weight is 537 g/mol. The fraction of sp³-hybridized carbons (Fsp3) is 0.429. The zero-order chi connectivity index (χ0) is 24.4. The van der Waals surface area contributed by atoms with Crippen molar-refractivity contribution in [2.45, 2.75) is 36.6 Å². The minimum Gasteiger partial charge on any atom is -0.492 e. The molecule has 0 saturated carbocycles. The van der Waals surface area contributed by atoms with Crippen LogP contribution < -0.4 is 9.47 Å². The van der Waals surface area contributed by atoms with Crippen LogP contribution in [-0.2, 0) is 20.0 Å². The fourth-order valence-corrected chi connectivity index (χ4v) is 7.58. The Bertz CT molecular complexity index is 1220. The normalized spacial score (nSPS) is 18.3. The van der Waals surface area contributed by atoms with Gasteiger partial charge in [0.1, 0.15) is 21.3 Å². The highest BCUT2D eigenvalue weighted by Crippen LogP contribution is 2.34. The van der Waals surface area contributed by atoms with E-state index in [0.29, 0.717) is 0 Å². The molecule has 2 aromatic rings. The van der Waals surface area contributed by atoms with Gasteiger partial charge in [-0.25, -0.2) is 16.8 Å². The molecule has 0 unspecified atom stereocenters. The average Bonchev–Trinajstić information content (AvgIpc) is 2.76. The van der Waals surface area contributed by atoms with E-state index in [9.17, 15) is 16.8 Å². The zero-order valence-electron chi connectivity index (χ0n) is 18.5. The van der Waals surface area contributed by atoms with Crippen LogP contribution in [0.2, 0.25) is 10.0 Å². The number of nitrogens with zero attached hydrogens (tertiary/aromatic N) is 2. The summed E-state index contributed by atoms with van der Waals surface area (Å²) in [7, 11) is -7.96. The van der Waals surface area contributed by atoms with Crippen LogP contribution in [0.15, 0.2) is 46.2 Å². The maximum atomic E-state index is 13.4. The van der Waals surface area contributed by atoms with Crippen molar-refractivity contribution >= 4 is 43.2 Å². The van der Waals surface area contributed by atoms with Gasteiger partial charge in [0.05, 0.1) is 13.2 Å². The monoisotopic (exact) mass is 536 g/mol. The molecule has 1 atom stereocenters. The molecule has 1 fully saturated rings. The molecule has 0 bridgehead atoms. The predicted molar refractivity (Wildman–Crippen MR) is 127 cm³/mol. The highest BCUT2D eigenvalue weighted by molar-refractivity contribution is 7.89. The second-order valence-electron chi connectivity index (χ2n) is 7.38. The summed E-state index contributed by atoms with van der Waals surface area (Å²) >= 11 is 12.1. The SMILES string of the molecule is CCOc1ccc(Cl)cc1S(=O)(=O)N1CCN(S(=O)(=O)c2cc(Cl)ccc2OCC)[C@H](C)C1. The van der Waals surface area contributed by atoms with Crippen LogP contribution in [0, 0.1) is 0 Å². The van der Waals surface area contributed by atoms with Crippen molar-refractivity contribution < 1.29 is 26.3 Å². The molecule has 0 aliphatic carbocycles. The van der Waals surface area contributed by atoms with Gasteiger partial charge >= 0.3 is 0 Å². The molecule has 0 N–H and O–H groups in total. The summed E-state index contributed by atoms with van der Waals surface area (Å²) in [5.41, 5.74) is 0. The van der Waals surface area contributed by atoms with E-state index >= 15 is 0 Å². The minimum absolute atomic E-state index is 0.0332. The lowest BCUT2D eigenvalue weighted by Crippen LogP contribution is -2.55. The van der Waals surface area contributed by atoms with Crippen LogP contribution in [0.3, 0.4) is 0 Å². The van der Waals surface area contributed by atoms with Crippen LogP contribution in [0.4, 0.5) is 0 Å². The van der Waals surface area contributed by atoms with Crippen molar-refractivity contribution in [2.24, 2.45) is 0 Å². The molecule has 1 heterocycles. The Kier molecular flexibility index (Phi) is 8.19. The first-order chi connectivity index (χ1) is 15.5. The van der Waals surface area contributed by atoms with Crippen molar-refractivity contribution in [1.82, 2.24) is 8.61 Å². The molecule has 0 aromatic heterocycles. The van der Waals surface area contributed by atoms with Gasteiger partial charge < -0.3 is 9.47 Å². The second kappa shape index (κ2) is 10.4. The Labute approximate surface area is 205 Å². The summed E-state index contributed by atoms with van der Waals surface area (Å²) in [6.07, 6.45) is 0. The lowest BCUT2D eigenvalue weighted by Gasteiger charge is -2.38. The molecule has 2 aromatic carbocycles.